The zero-order valence-electron chi connectivity index (χ0n) is 5.01. The van der Waals surface area contributed by atoms with E-state index in [0.29, 0.717) is 0 Å². The molecule has 0 aliphatic rings. The normalized spacial score (nSPS) is 9.25. The predicted molar refractivity (Wildman–Crippen MR) is 37.5 cm³/mol. The zero-order valence-corrected chi connectivity index (χ0v) is 5.83. The second-order valence-electron chi connectivity index (χ2n) is 1.78. The van der Waals surface area contributed by atoms with E-state index in [-0.39, 0.29) is 0 Å². The average molecular weight is 126 g/mol. The second-order valence-corrected chi connectivity index (χ2v) is 2.67. The van der Waals surface area contributed by atoms with Gasteiger partial charge in [0.1, 0.15) is 0 Å². The maximum absolute atomic E-state index is 2.99. The van der Waals surface area contributed by atoms with Crippen molar-refractivity contribution in [2.24, 2.45) is 0 Å². The minimum Gasteiger partial charge on any atom is -0.370 e. The lowest BCUT2D eigenvalue weighted by Crippen LogP contribution is -2.05. The van der Waals surface area contributed by atoms with Crippen molar-refractivity contribution in [3.05, 3.63) is 17.5 Å². The van der Waals surface area contributed by atoms with Crippen molar-refractivity contribution in [2.75, 3.05) is 19.0 Å². The number of hydrogen-bond donors (Lipinski definition) is 0. The summed E-state index contributed by atoms with van der Waals surface area (Å²) in [6, 6.07) is 4.96. The van der Waals surface area contributed by atoms with Gasteiger partial charge in [-0.15, -0.1) is 11.3 Å². The van der Waals surface area contributed by atoms with Gasteiger partial charge in [-0.3, -0.25) is 0 Å². The summed E-state index contributed by atoms with van der Waals surface area (Å²) in [6.07, 6.45) is 0. The van der Waals surface area contributed by atoms with Crippen LogP contribution >= 0.6 is 11.3 Å². The van der Waals surface area contributed by atoms with E-state index in [4.69, 9.17) is 0 Å². The summed E-state index contributed by atoms with van der Waals surface area (Å²) in [6.45, 7) is 0. The van der Waals surface area contributed by atoms with Gasteiger partial charge in [0.05, 0.1) is 5.00 Å². The van der Waals surface area contributed by atoms with E-state index in [1.165, 1.54) is 5.00 Å². The van der Waals surface area contributed by atoms with Gasteiger partial charge in [0.25, 0.3) is 0 Å². The van der Waals surface area contributed by atoms with E-state index >= 15 is 0 Å². The van der Waals surface area contributed by atoms with E-state index in [9.17, 15) is 0 Å². The Bertz CT molecular complexity index is 144. The van der Waals surface area contributed by atoms with E-state index in [1.54, 1.807) is 11.3 Å². The van der Waals surface area contributed by atoms with Crippen LogP contribution in [0, 0.1) is 6.07 Å². The quantitative estimate of drug-likeness (QED) is 0.552. The average Bonchev–Trinajstić information content (AvgIpc) is 2.12. The minimum absolute atomic E-state index is 1.25. The zero-order chi connectivity index (χ0) is 5.98. The summed E-state index contributed by atoms with van der Waals surface area (Å²) in [5.41, 5.74) is 0. The van der Waals surface area contributed by atoms with Gasteiger partial charge in [-0.1, -0.05) is 0 Å². The molecule has 8 heavy (non-hydrogen) atoms. The summed E-state index contributed by atoms with van der Waals surface area (Å²) in [5, 5.41) is 3.21. The first-order valence-corrected chi connectivity index (χ1v) is 3.30. The third-order valence-corrected chi connectivity index (χ3v) is 1.87. The molecule has 0 bridgehead atoms. The molecule has 1 aromatic rings. The van der Waals surface area contributed by atoms with Crippen molar-refractivity contribution in [1.82, 2.24) is 0 Å². The Morgan fingerprint density at radius 1 is 1.62 bits per heavy atom. The molecule has 0 aliphatic heterocycles. The molecule has 1 radical (unpaired) electrons. The molecule has 0 N–H and O–H groups in total. The maximum Gasteiger partial charge on any atom is 0.0909 e. The molecule has 1 aromatic heterocycles. The van der Waals surface area contributed by atoms with Crippen molar-refractivity contribution >= 4 is 16.3 Å². The van der Waals surface area contributed by atoms with Crippen LogP contribution < -0.4 is 4.90 Å². The Labute approximate surface area is 53.6 Å². The fourth-order valence-electron chi connectivity index (χ4n) is 0.468. The summed E-state index contributed by atoms with van der Waals surface area (Å²) >= 11 is 1.70. The topological polar surface area (TPSA) is 3.24 Å². The fraction of sp³-hybridized carbons (Fsp3) is 0.333. The van der Waals surface area contributed by atoms with E-state index < -0.39 is 0 Å². The molecule has 1 heterocycles. The van der Waals surface area contributed by atoms with E-state index in [2.05, 4.69) is 11.0 Å². The van der Waals surface area contributed by atoms with Crippen LogP contribution in [0.4, 0.5) is 5.00 Å². The van der Waals surface area contributed by atoms with Gasteiger partial charge in [0, 0.05) is 19.5 Å². The highest BCUT2D eigenvalue weighted by Crippen LogP contribution is 2.16. The third-order valence-electron chi connectivity index (χ3n) is 0.895. The molecule has 1 rings (SSSR count). The van der Waals surface area contributed by atoms with Gasteiger partial charge < -0.3 is 4.90 Å². The summed E-state index contributed by atoms with van der Waals surface area (Å²) in [7, 11) is 4.05. The highest BCUT2D eigenvalue weighted by molar-refractivity contribution is 7.14. The molecule has 1 nitrogen and oxygen atoms in total. The molecule has 0 atom stereocenters. The van der Waals surface area contributed by atoms with Crippen LogP contribution in [0.5, 0.6) is 0 Å². The molecular formula is C6H8NS. The Morgan fingerprint density at radius 2 is 2.38 bits per heavy atom. The summed E-state index contributed by atoms with van der Waals surface area (Å²) in [4.78, 5) is 2.07. The summed E-state index contributed by atoms with van der Waals surface area (Å²) < 4.78 is 0. The highest BCUT2D eigenvalue weighted by atomic mass is 32.1. The molecule has 0 unspecified atom stereocenters. The number of nitrogens with zero attached hydrogens (tertiary/aromatic N) is 1. The van der Waals surface area contributed by atoms with Crippen LogP contribution in [0.1, 0.15) is 0 Å². The lowest BCUT2D eigenvalue weighted by atomic mass is 10.6. The molecule has 0 fully saturated rings. The molecule has 0 aromatic carbocycles. The number of thiophene rings is 1. The van der Waals surface area contributed by atoms with Crippen LogP contribution in [0.25, 0.3) is 0 Å². The van der Waals surface area contributed by atoms with E-state index in [1.807, 2.05) is 25.5 Å². The smallest absolute Gasteiger partial charge is 0.0909 e. The predicted octanol–water partition coefficient (Wildman–Crippen LogP) is 1.61. The van der Waals surface area contributed by atoms with Crippen LogP contribution in [0.2, 0.25) is 0 Å². The van der Waals surface area contributed by atoms with Gasteiger partial charge in [-0.2, -0.15) is 0 Å². The minimum atomic E-state index is 1.25. The Kier molecular flexibility index (Phi) is 1.53. The molecule has 0 spiro atoms. The van der Waals surface area contributed by atoms with Crippen molar-refractivity contribution in [3.8, 4) is 0 Å². The van der Waals surface area contributed by atoms with Gasteiger partial charge in [0.15, 0.2) is 0 Å². The van der Waals surface area contributed by atoms with E-state index in [0.717, 1.165) is 0 Å². The third kappa shape index (κ3) is 1.01. The van der Waals surface area contributed by atoms with Gasteiger partial charge in [-0.05, 0) is 12.1 Å². The largest absolute Gasteiger partial charge is 0.370 e. The SMILES string of the molecule is CN(C)c1c[c]cs1. The number of rotatable bonds is 1. The molecule has 0 amide bonds. The van der Waals surface area contributed by atoms with Gasteiger partial charge in [-0.25, -0.2) is 0 Å². The van der Waals surface area contributed by atoms with Crippen LogP contribution in [0.3, 0.4) is 0 Å². The molecule has 0 saturated heterocycles. The number of anilines is 1. The highest BCUT2D eigenvalue weighted by Gasteiger charge is 1.90. The van der Waals surface area contributed by atoms with Gasteiger partial charge >= 0.3 is 0 Å². The Balaban J connectivity index is 2.77. The monoisotopic (exact) mass is 126 g/mol. The van der Waals surface area contributed by atoms with Crippen molar-refractivity contribution in [1.29, 1.82) is 0 Å². The Morgan fingerprint density at radius 3 is 2.62 bits per heavy atom. The first-order valence-electron chi connectivity index (χ1n) is 2.42. The lowest BCUT2D eigenvalue weighted by Gasteiger charge is -2.06. The van der Waals surface area contributed by atoms with Crippen molar-refractivity contribution < 1.29 is 0 Å². The maximum atomic E-state index is 2.99. The first-order chi connectivity index (χ1) is 3.80. The van der Waals surface area contributed by atoms with Crippen LogP contribution in [-0.2, 0) is 0 Å². The molecule has 2 heteroatoms. The molecule has 0 aliphatic carbocycles. The second kappa shape index (κ2) is 2.18. The Hall–Kier alpha value is -0.500. The van der Waals surface area contributed by atoms with Crippen molar-refractivity contribution in [2.45, 2.75) is 0 Å². The van der Waals surface area contributed by atoms with Crippen molar-refractivity contribution in [3.63, 3.8) is 0 Å². The molecule has 43 valence electrons. The number of hydrogen-bond acceptors (Lipinski definition) is 2. The fourth-order valence-corrected chi connectivity index (χ4v) is 1.07. The summed E-state index contributed by atoms with van der Waals surface area (Å²) in [5.74, 6) is 0. The van der Waals surface area contributed by atoms with Crippen LogP contribution in [-0.4, -0.2) is 14.1 Å². The lowest BCUT2D eigenvalue weighted by molar-refractivity contribution is 1.16. The standard InChI is InChI=1S/C6H8NS/c1-7(2)6-4-3-5-8-6/h4-5H,1-2H3. The first kappa shape index (κ1) is 5.63. The molecular weight excluding hydrogens is 118 g/mol. The van der Waals surface area contributed by atoms with Crippen LogP contribution in [0.15, 0.2) is 11.4 Å². The van der Waals surface area contributed by atoms with Gasteiger partial charge in [0.2, 0.25) is 0 Å². The molecule has 0 saturated carbocycles.